The Morgan fingerprint density at radius 1 is 1.15 bits per heavy atom. The normalized spacial score (nSPS) is 12.7. The van der Waals surface area contributed by atoms with Crippen LogP contribution in [-0.2, 0) is 23.7 Å². The fraction of sp³-hybridized carbons (Fsp3) is 0.500. The lowest BCUT2D eigenvalue weighted by atomic mass is 10.1. The van der Waals surface area contributed by atoms with E-state index in [-0.39, 0.29) is 29.0 Å². The van der Waals surface area contributed by atoms with Gasteiger partial charge < -0.3 is 9.05 Å². The molecule has 1 aromatic rings. The summed E-state index contributed by atoms with van der Waals surface area (Å²) in [5.74, 6) is 0. The third-order valence-electron chi connectivity index (χ3n) is 2.73. The summed E-state index contributed by atoms with van der Waals surface area (Å²) >= 11 is 0. The molecule has 0 saturated carbocycles. The Bertz CT molecular complexity index is 628. The summed E-state index contributed by atoms with van der Waals surface area (Å²) in [5.41, 5.74) is 0.762. The summed E-state index contributed by atoms with van der Waals surface area (Å²) in [7, 11) is -8.01. The Hall–Kier alpha value is -0.720. The first-order valence-corrected chi connectivity index (χ1v) is 9.13. The molecule has 0 bridgehead atoms. The second-order valence-electron chi connectivity index (χ2n) is 4.16. The first-order chi connectivity index (χ1) is 9.17. The zero-order valence-electron chi connectivity index (χ0n) is 11.9. The van der Waals surface area contributed by atoms with E-state index in [0.717, 1.165) is 0 Å². The predicted molar refractivity (Wildman–Crippen MR) is 76.2 cm³/mol. The lowest BCUT2D eigenvalue weighted by Crippen LogP contribution is -2.20. The van der Waals surface area contributed by atoms with Gasteiger partial charge in [-0.05, 0) is 44.9 Å². The summed E-state index contributed by atoms with van der Waals surface area (Å²) in [6.45, 7) is 6.81. The fourth-order valence-corrected chi connectivity index (χ4v) is 4.88. The van der Waals surface area contributed by atoms with Crippen molar-refractivity contribution in [2.24, 2.45) is 0 Å². The zero-order chi connectivity index (χ0) is 15.6. The molecule has 1 rings (SSSR count). The van der Waals surface area contributed by atoms with Crippen LogP contribution in [0.1, 0.15) is 25.0 Å². The molecule has 1 aromatic carbocycles. The summed E-state index contributed by atoms with van der Waals surface area (Å²) in [6.07, 6.45) is 0. The molecule has 0 heterocycles. The van der Waals surface area contributed by atoms with E-state index in [2.05, 4.69) is 0 Å². The monoisotopic (exact) mass is 322 g/mol. The van der Waals surface area contributed by atoms with Crippen molar-refractivity contribution < 1.29 is 26.6 Å². The average Bonchev–Trinajstić information content (AvgIpc) is 2.27. The van der Waals surface area contributed by atoms with Gasteiger partial charge >= 0.3 is 7.60 Å². The van der Waals surface area contributed by atoms with E-state index in [1.54, 1.807) is 20.8 Å². The molecule has 0 aliphatic heterocycles. The Balaban J connectivity index is 3.62. The zero-order valence-corrected chi connectivity index (χ0v) is 13.6. The largest absolute Gasteiger partial charge is 0.361 e. The van der Waals surface area contributed by atoms with Gasteiger partial charge in [0, 0.05) is 0 Å². The lowest BCUT2D eigenvalue weighted by Gasteiger charge is -2.21. The third-order valence-corrected chi connectivity index (χ3v) is 6.16. The quantitative estimate of drug-likeness (QED) is 0.639. The number of aryl methyl sites for hydroxylation is 1. The van der Waals surface area contributed by atoms with Crippen molar-refractivity contribution in [3.63, 3.8) is 0 Å². The molecule has 6 nitrogen and oxygen atoms in total. The van der Waals surface area contributed by atoms with E-state index < -0.39 is 17.7 Å². The number of hydrogen-bond donors (Lipinski definition) is 1. The van der Waals surface area contributed by atoms with Crippen molar-refractivity contribution in [2.75, 3.05) is 13.2 Å². The first-order valence-electron chi connectivity index (χ1n) is 6.14. The van der Waals surface area contributed by atoms with Crippen LogP contribution in [-0.4, -0.2) is 26.2 Å². The summed E-state index contributed by atoms with van der Waals surface area (Å²) in [5, 5.41) is 0.191. The highest BCUT2D eigenvalue weighted by molar-refractivity contribution is 7.86. The van der Waals surface area contributed by atoms with Gasteiger partial charge in [0.15, 0.2) is 0 Å². The second-order valence-corrected chi connectivity index (χ2v) is 7.51. The molecule has 0 fully saturated rings. The standard InChI is InChI=1S/C12H19O6PS/c1-5-17-19(13,18-6-2)12-9(3)7-8-11(10(12)4)20(14,15)16/h7-8H,5-6H2,1-4H3,(H,14,15,16). The molecule has 0 amide bonds. The number of benzene rings is 1. The maximum Gasteiger partial charge on any atom is 0.361 e. The van der Waals surface area contributed by atoms with Crippen LogP contribution in [0, 0.1) is 13.8 Å². The van der Waals surface area contributed by atoms with Crippen molar-refractivity contribution in [1.82, 2.24) is 0 Å². The Morgan fingerprint density at radius 2 is 1.65 bits per heavy atom. The van der Waals surface area contributed by atoms with Gasteiger partial charge in [0.1, 0.15) is 0 Å². The highest BCUT2D eigenvalue weighted by Gasteiger charge is 2.33. The van der Waals surface area contributed by atoms with Gasteiger partial charge in [-0.15, -0.1) is 0 Å². The van der Waals surface area contributed by atoms with Crippen molar-refractivity contribution in [3.05, 3.63) is 23.3 Å². The van der Waals surface area contributed by atoms with Gasteiger partial charge in [0.25, 0.3) is 10.1 Å². The van der Waals surface area contributed by atoms with E-state index in [1.807, 2.05) is 0 Å². The number of rotatable bonds is 6. The van der Waals surface area contributed by atoms with E-state index in [4.69, 9.17) is 9.05 Å². The van der Waals surface area contributed by atoms with E-state index in [1.165, 1.54) is 19.1 Å². The Kier molecular flexibility index (Phi) is 5.52. The first kappa shape index (κ1) is 17.3. The molecule has 8 heteroatoms. The minimum Gasteiger partial charge on any atom is -0.305 e. The molecule has 0 aliphatic carbocycles. The molecular weight excluding hydrogens is 303 g/mol. The van der Waals surface area contributed by atoms with E-state index in [9.17, 15) is 17.5 Å². The SMILES string of the molecule is CCOP(=O)(OCC)c1c(C)ccc(S(=O)(=O)O)c1C. The number of hydrogen-bond acceptors (Lipinski definition) is 5. The second kappa shape index (κ2) is 6.37. The fourth-order valence-electron chi connectivity index (χ4n) is 2.02. The molecule has 1 N–H and O–H groups in total. The Labute approximate surface area is 119 Å². The summed E-state index contributed by atoms with van der Waals surface area (Å²) in [4.78, 5) is -0.294. The molecule has 114 valence electrons. The highest BCUT2D eigenvalue weighted by atomic mass is 32.2. The van der Waals surface area contributed by atoms with Gasteiger partial charge in [-0.2, -0.15) is 8.42 Å². The lowest BCUT2D eigenvalue weighted by molar-refractivity contribution is 0.229. The maximum absolute atomic E-state index is 12.8. The Morgan fingerprint density at radius 3 is 2.05 bits per heavy atom. The van der Waals surface area contributed by atoms with Crippen molar-refractivity contribution in [1.29, 1.82) is 0 Å². The van der Waals surface area contributed by atoms with Crippen molar-refractivity contribution >= 4 is 23.0 Å². The maximum atomic E-state index is 12.8. The van der Waals surface area contributed by atoms with E-state index in [0.29, 0.717) is 5.56 Å². The third kappa shape index (κ3) is 3.48. The molecule has 0 unspecified atom stereocenters. The molecular formula is C12H19O6PS. The van der Waals surface area contributed by atoms with Crippen LogP contribution in [0.2, 0.25) is 0 Å². The molecule has 0 saturated heterocycles. The average molecular weight is 322 g/mol. The van der Waals surface area contributed by atoms with Crippen molar-refractivity contribution in [2.45, 2.75) is 32.6 Å². The molecule has 0 radical (unpaired) electrons. The minimum absolute atomic E-state index is 0.159. The van der Waals surface area contributed by atoms with Crippen LogP contribution in [0.5, 0.6) is 0 Å². The molecule has 20 heavy (non-hydrogen) atoms. The summed E-state index contributed by atoms with van der Waals surface area (Å²) < 4.78 is 55.2. The van der Waals surface area contributed by atoms with Gasteiger partial charge in [-0.1, -0.05) is 6.07 Å². The van der Waals surface area contributed by atoms with Crippen LogP contribution < -0.4 is 5.30 Å². The van der Waals surface area contributed by atoms with E-state index >= 15 is 0 Å². The van der Waals surface area contributed by atoms with Crippen LogP contribution >= 0.6 is 7.60 Å². The van der Waals surface area contributed by atoms with Gasteiger partial charge in [0.05, 0.1) is 23.4 Å². The molecule has 0 aliphatic rings. The van der Waals surface area contributed by atoms with Gasteiger partial charge in [0.2, 0.25) is 0 Å². The smallest absolute Gasteiger partial charge is 0.305 e. The molecule has 0 aromatic heterocycles. The van der Waals surface area contributed by atoms with Crippen LogP contribution in [0.4, 0.5) is 0 Å². The van der Waals surface area contributed by atoms with Gasteiger partial charge in [-0.25, -0.2) is 0 Å². The van der Waals surface area contributed by atoms with Crippen LogP contribution in [0.15, 0.2) is 17.0 Å². The summed E-state index contributed by atoms with van der Waals surface area (Å²) in [6, 6.07) is 2.74. The molecule has 0 atom stereocenters. The van der Waals surface area contributed by atoms with Crippen LogP contribution in [0.25, 0.3) is 0 Å². The minimum atomic E-state index is -4.40. The van der Waals surface area contributed by atoms with Gasteiger partial charge in [-0.3, -0.25) is 9.12 Å². The molecule has 0 spiro atoms. The highest BCUT2D eigenvalue weighted by Crippen LogP contribution is 2.49. The van der Waals surface area contributed by atoms with Crippen molar-refractivity contribution in [3.8, 4) is 0 Å². The van der Waals surface area contributed by atoms with Crippen LogP contribution in [0.3, 0.4) is 0 Å². The predicted octanol–water partition coefficient (Wildman–Crippen LogP) is 2.44. The topological polar surface area (TPSA) is 89.9 Å².